The summed E-state index contributed by atoms with van der Waals surface area (Å²) < 4.78 is 10.7. The van der Waals surface area contributed by atoms with Crippen LogP contribution in [0.15, 0.2) is 48.5 Å². The number of benzene rings is 2. The molecule has 29 heavy (non-hydrogen) atoms. The standard InChI is InChI=1S/C23H21NO5/c1-28-17-7-2-3-8-18(17)29-23(27)15-5-4-6-16(12-15)24-21(25)19-13-9-10-14(11-13)20(19)22(24)26/h2-8,12-14,19-20H,9-11H2,1H3/t13-,14-,19+,20+/m0/s1. The minimum atomic E-state index is -0.573. The molecule has 4 atom stereocenters. The second-order valence-corrected chi connectivity index (χ2v) is 7.99. The predicted molar refractivity (Wildman–Crippen MR) is 105 cm³/mol. The van der Waals surface area contributed by atoms with Gasteiger partial charge in [-0.25, -0.2) is 4.79 Å². The summed E-state index contributed by atoms with van der Waals surface area (Å²) in [6, 6.07) is 13.4. The monoisotopic (exact) mass is 391 g/mol. The van der Waals surface area contributed by atoms with Crippen molar-refractivity contribution in [1.29, 1.82) is 0 Å². The van der Waals surface area contributed by atoms with Gasteiger partial charge >= 0.3 is 5.97 Å². The van der Waals surface area contributed by atoms with Crippen LogP contribution in [0, 0.1) is 23.7 Å². The molecule has 2 saturated carbocycles. The summed E-state index contributed by atoms with van der Waals surface area (Å²) in [5.74, 6) is 0.210. The van der Waals surface area contributed by atoms with Gasteiger partial charge in [0.15, 0.2) is 11.5 Å². The largest absolute Gasteiger partial charge is 0.493 e. The second kappa shape index (κ2) is 6.72. The summed E-state index contributed by atoms with van der Waals surface area (Å²) in [5, 5.41) is 0. The summed E-state index contributed by atoms with van der Waals surface area (Å²) in [6.45, 7) is 0. The normalized spacial score (nSPS) is 27.3. The number of nitrogens with zero attached hydrogens (tertiary/aromatic N) is 1. The molecule has 2 aromatic rings. The number of fused-ring (bicyclic) bond motifs is 5. The average Bonchev–Trinajstić information content (AvgIpc) is 3.42. The van der Waals surface area contributed by atoms with E-state index in [0.29, 0.717) is 29.0 Å². The van der Waals surface area contributed by atoms with Crippen LogP contribution < -0.4 is 14.4 Å². The molecule has 0 aromatic heterocycles. The number of hydrogen-bond donors (Lipinski definition) is 0. The second-order valence-electron chi connectivity index (χ2n) is 7.99. The summed E-state index contributed by atoms with van der Waals surface area (Å²) in [7, 11) is 1.50. The number of ether oxygens (including phenoxy) is 2. The van der Waals surface area contributed by atoms with Gasteiger partial charge in [0.05, 0.1) is 30.2 Å². The van der Waals surface area contributed by atoms with E-state index in [9.17, 15) is 14.4 Å². The summed E-state index contributed by atoms with van der Waals surface area (Å²) in [5.41, 5.74) is 0.706. The van der Waals surface area contributed by atoms with Gasteiger partial charge in [0.25, 0.3) is 0 Å². The third-order valence-electron chi connectivity index (χ3n) is 6.54. The lowest BCUT2D eigenvalue weighted by atomic mass is 9.81. The lowest BCUT2D eigenvalue weighted by molar-refractivity contribution is -0.123. The van der Waals surface area contributed by atoms with Crippen LogP contribution in [0.3, 0.4) is 0 Å². The molecule has 2 aromatic carbocycles. The van der Waals surface area contributed by atoms with E-state index in [2.05, 4.69) is 0 Å². The summed E-state index contributed by atoms with van der Waals surface area (Å²) >= 11 is 0. The Hall–Kier alpha value is -3.15. The van der Waals surface area contributed by atoms with Crippen molar-refractivity contribution in [2.24, 2.45) is 23.7 Å². The molecule has 2 bridgehead atoms. The molecule has 6 heteroatoms. The van der Waals surface area contributed by atoms with Crippen molar-refractivity contribution in [2.45, 2.75) is 19.3 Å². The molecule has 148 valence electrons. The first-order valence-corrected chi connectivity index (χ1v) is 9.91. The van der Waals surface area contributed by atoms with Crippen LogP contribution in [0.1, 0.15) is 29.6 Å². The van der Waals surface area contributed by atoms with Gasteiger partial charge in [-0.1, -0.05) is 18.2 Å². The minimum absolute atomic E-state index is 0.123. The minimum Gasteiger partial charge on any atom is -0.493 e. The number of anilines is 1. The van der Waals surface area contributed by atoms with Gasteiger partial charge in [0, 0.05) is 0 Å². The number of hydrogen-bond acceptors (Lipinski definition) is 5. The van der Waals surface area contributed by atoms with Crippen LogP contribution in [0.5, 0.6) is 11.5 Å². The van der Waals surface area contributed by atoms with Crippen LogP contribution in [0.25, 0.3) is 0 Å². The number of imide groups is 1. The van der Waals surface area contributed by atoms with Gasteiger partial charge in [-0.3, -0.25) is 14.5 Å². The van der Waals surface area contributed by atoms with E-state index in [4.69, 9.17) is 9.47 Å². The number of para-hydroxylation sites is 2. The van der Waals surface area contributed by atoms with Gasteiger partial charge in [-0.05, 0) is 61.4 Å². The third kappa shape index (κ3) is 2.74. The van der Waals surface area contributed by atoms with Crippen LogP contribution in [0.2, 0.25) is 0 Å². The maximum Gasteiger partial charge on any atom is 0.343 e. The smallest absolute Gasteiger partial charge is 0.343 e. The molecular weight excluding hydrogens is 370 g/mol. The Bertz CT molecular complexity index is 988. The highest BCUT2D eigenvalue weighted by atomic mass is 16.6. The quantitative estimate of drug-likeness (QED) is 0.453. The zero-order valence-corrected chi connectivity index (χ0v) is 16.0. The lowest BCUT2D eigenvalue weighted by Gasteiger charge is -2.19. The van der Waals surface area contributed by atoms with Crippen LogP contribution in [-0.4, -0.2) is 24.9 Å². The molecule has 0 radical (unpaired) electrons. The maximum absolute atomic E-state index is 13.0. The Morgan fingerprint density at radius 3 is 2.24 bits per heavy atom. The maximum atomic E-state index is 13.0. The average molecular weight is 391 g/mol. The molecule has 0 unspecified atom stereocenters. The van der Waals surface area contributed by atoms with E-state index in [1.165, 1.54) is 12.0 Å². The first-order valence-electron chi connectivity index (χ1n) is 9.91. The van der Waals surface area contributed by atoms with Gasteiger partial charge < -0.3 is 9.47 Å². The van der Waals surface area contributed by atoms with Crippen LogP contribution in [-0.2, 0) is 9.59 Å². The SMILES string of the molecule is COc1ccccc1OC(=O)c1cccc(N2C(=O)[C@@H]3[C@H]4CC[C@@H](C4)[C@H]3C2=O)c1. The van der Waals surface area contributed by atoms with E-state index in [0.717, 1.165) is 19.3 Å². The molecule has 3 fully saturated rings. The summed E-state index contributed by atoms with van der Waals surface area (Å²) in [4.78, 5) is 40.0. The Kier molecular flexibility index (Phi) is 4.15. The Labute approximate surface area is 168 Å². The number of methoxy groups -OCH3 is 1. The molecule has 1 heterocycles. The van der Waals surface area contributed by atoms with Gasteiger partial charge in [-0.15, -0.1) is 0 Å². The van der Waals surface area contributed by atoms with Gasteiger partial charge in [-0.2, -0.15) is 0 Å². The number of rotatable bonds is 4. The fourth-order valence-electron chi connectivity index (χ4n) is 5.30. The van der Waals surface area contributed by atoms with E-state index < -0.39 is 5.97 Å². The van der Waals surface area contributed by atoms with Gasteiger partial charge in [0.2, 0.25) is 11.8 Å². The molecule has 2 amide bonds. The molecule has 6 nitrogen and oxygen atoms in total. The predicted octanol–water partition coefficient (Wildman–Crippen LogP) is 3.45. The molecule has 0 spiro atoms. The first kappa shape index (κ1) is 17.9. The van der Waals surface area contributed by atoms with Crippen LogP contribution in [0.4, 0.5) is 5.69 Å². The van der Waals surface area contributed by atoms with E-state index in [1.54, 1.807) is 48.5 Å². The topological polar surface area (TPSA) is 72.9 Å². The van der Waals surface area contributed by atoms with Gasteiger partial charge in [0.1, 0.15) is 0 Å². The zero-order valence-electron chi connectivity index (χ0n) is 16.0. The van der Waals surface area contributed by atoms with E-state index >= 15 is 0 Å². The lowest BCUT2D eigenvalue weighted by Crippen LogP contribution is -2.32. The fourth-order valence-corrected chi connectivity index (χ4v) is 5.30. The fraction of sp³-hybridized carbons (Fsp3) is 0.348. The van der Waals surface area contributed by atoms with Crippen molar-refractivity contribution >= 4 is 23.5 Å². The van der Waals surface area contributed by atoms with Crippen molar-refractivity contribution in [3.05, 3.63) is 54.1 Å². The first-order chi connectivity index (χ1) is 14.1. The summed E-state index contributed by atoms with van der Waals surface area (Å²) in [6.07, 6.45) is 3.06. The van der Waals surface area contributed by atoms with Crippen molar-refractivity contribution in [3.8, 4) is 11.5 Å². The number of esters is 1. The highest BCUT2D eigenvalue weighted by molar-refractivity contribution is 6.22. The van der Waals surface area contributed by atoms with E-state index in [1.807, 2.05) is 0 Å². The highest BCUT2D eigenvalue weighted by Gasteiger charge is 2.61. The Morgan fingerprint density at radius 2 is 1.59 bits per heavy atom. The molecule has 1 aliphatic heterocycles. The van der Waals surface area contributed by atoms with Crippen molar-refractivity contribution in [2.75, 3.05) is 12.0 Å². The Morgan fingerprint density at radius 1 is 0.931 bits per heavy atom. The number of amides is 2. The Balaban J connectivity index is 1.41. The molecular formula is C23H21NO5. The third-order valence-corrected chi connectivity index (χ3v) is 6.54. The number of carbonyl (C=O) groups is 3. The molecule has 5 rings (SSSR count). The molecule has 0 N–H and O–H groups in total. The van der Waals surface area contributed by atoms with Crippen molar-refractivity contribution < 1.29 is 23.9 Å². The van der Waals surface area contributed by atoms with Crippen LogP contribution >= 0.6 is 0 Å². The molecule has 3 aliphatic rings. The van der Waals surface area contributed by atoms with Crippen molar-refractivity contribution in [3.63, 3.8) is 0 Å². The zero-order chi connectivity index (χ0) is 20.1. The van der Waals surface area contributed by atoms with E-state index in [-0.39, 0.29) is 29.2 Å². The molecule has 1 saturated heterocycles. The number of carbonyl (C=O) groups excluding carboxylic acids is 3. The van der Waals surface area contributed by atoms with Crippen molar-refractivity contribution in [1.82, 2.24) is 0 Å². The highest BCUT2D eigenvalue weighted by Crippen LogP contribution is 2.56. The molecule has 2 aliphatic carbocycles.